The van der Waals surface area contributed by atoms with E-state index in [1.54, 1.807) is 24.4 Å². The van der Waals surface area contributed by atoms with Gasteiger partial charge < -0.3 is 9.80 Å². The van der Waals surface area contributed by atoms with Crippen LogP contribution in [0.25, 0.3) is 11.7 Å². The molecule has 4 rings (SSSR count). The van der Waals surface area contributed by atoms with Gasteiger partial charge in [-0.15, -0.1) is 0 Å². The standard InChI is InChI=1S/C25H27N5O3S/c1-4-28-12-14-29(15-13-28)24-22(25(31)30-11-5-6-19(3)23(30)27-24)16-21(17-26)34(32,33)20-9-7-18(2)8-10-20/h5-11,16H,4,12-15H2,1-3H3/b21-16+. The summed E-state index contributed by atoms with van der Waals surface area (Å²) in [5.41, 5.74) is 1.94. The topological polar surface area (TPSA) is 98.8 Å². The summed E-state index contributed by atoms with van der Waals surface area (Å²) >= 11 is 0. The van der Waals surface area contributed by atoms with E-state index in [-0.39, 0.29) is 10.5 Å². The summed E-state index contributed by atoms with van der Waals surface area (Å²) < 4.78 is 27.9. The van der Waals surface area contributed by atoms with E-state index in [2.05, 4.69) is 11.8 Å². The molecule has 2 aromatic heterocycles. The Balaban J connectivity index is 1.92. The maximum Gasteiger partial charge on any atom is 0.267 e. The summed E-state index contributed by atoms with van der Waals surface area (Å²) in [5, 5.41) is 9.81. The number of hydrogen-bond donors (Lipinski definition) is 0. The quantitative estimate of drug-likeness (QED) is 0.521. The summed E-state index contributed by atoms with van der Waals surface area (Å²) in [6.45, 7) is 9.67. The van der Waals surface area contributed by atoms with Crippen molar-refractivity contribution in [3.8, 4) is 6.07 Å². The van der Waals surface area contributed by atoms with Gasteiger partial charge >= 0.3 is 0 Å². The van der Waals surface area contributed by atoms with Gasteiger partial charge in [-0.1, -0.05) is 30.7 Å². The minimum atomic E-state index is -4.11. The third-order valence-electron chi connectivity index (χ3n) is 6.19. The Labute approximate surface area is 199 Å². The Bertz CT molecular complexity index is 1460. The average molecular weight is 478 g/mol. The molecular formula is C25H27N5O3S. The SMILES string of the molecule is CCN1CCN(c2nc3c(C)cccn3c(=O)c2/C=C(\C#N)S(=O)(=O)c2ccc(C)cc2)CC1. The van der Waals surface area contributed by atoms with Gasteiger partial charge in [-0.3, -0.25) is 9.20 Å². The monoisotopic (exact) mass is 477 g/mol. The van der Waals surface area contributed by atoms with E-state index in [0.717, 1.165) is 30.8 Å². The summed E-state index contributed by atoms with van der Waals surface area (Å²) in [7, 11) is -4.11. The number of fused-ring (bicyclic) bond motifs is 1. The predicted octanol–water partition coefficient (Wildman–Crippen LogP) is 2.79. The van der Waals surface area contributed by atoms with Crippen molar-refractivity contribution in [3.05, 3.63) is 74.5 Å². The van der Waals surface area contributed by atoms with E-state index in [1.165, 1.54) is 22.6 Å². The van der Waals surface area contributed by atoms with E-state index in [4.69, 9.17) is 4.98 Å². The molecule has 0 radical (unpaired) electrons. The van der Waals surface area contributed by atoms with Gasteiger partial charge in [-0.25, -0.2) is 13.4 Å². The molecule has 3 heterocycles. The second kappa shape index (κ2) is 9.41. The molecule has 1 fully saturated rings. The van der Waals surface area contributed by atoms with E-state index >= 15 is 0 Å². The number of nitriles is 1. The lowest BCUT2D eigenvalue weighted by Gasteiger charge is -2.35. The Kier molecular flexibility index (Phi) is 6.55. The van der Waals surface area contributed by atoms with Gasteiger partial charge in [0.25, 0.3) is 5.56 Å². The molecule has 1 aliphatic heterocycles. The number of anilines is 1. The van der Waals surface area contributed by atoms with E-state index in [9.17, 15) is 18.5 Å². The zero-order valence-corrected chi connectivity index (χ0v) is 20.3. The first kappa shape index (κ1) is 23.7. The third-order valence-corrected chi connectivity index (χ3v) is 7.87. The van der Waals surface area contributed by atoms with Crippen molar-refractivity contribution in [2.45, 2.75) is 25.7 Å². The van der Waals surface area contributed by atoms with Crippen LogP contribution in [0.5, 0.6) is 0 Å². The van der Waals surface area contributed by atoms with Gasteiger partial charge in [0.05, 0.1) is 10.5 Å². The molecule has 8 nitrogen and oxygen atoms in total. The first-order valence-electron chi connectivity index (χ1n) is 11.2. The molecule has 0 N–H and O–H groups in total. The largest absolute Gasteiger partial charge is 0.353 e. The molecule has 1 aliphatic rings. The fourth-order valence-electron chi connectivity index (χ4n) is 4.09. The molecule has 9 heteroatoms. The number of aryl methyl sites for hydroxylation is 2. The summed E-state index contributed by atoms with van der Waals surface area (Å²) in [6, 6.07) is 11.7. The number of piperazine rings is 1. The number of hydrogen-bond acceptors (Lipinski definition) is 7. The average Bonchev–Trinajstić information content (AvgIpc) is 2.84. The van der Waals surface area contributed by atoms with E-state index in [1.807, 2.05) is 30.9 Å². The fraction of sp³-hybridized carbons (Fsp3) is 0.320. The predicted molar refractivity (Wildman–Crippen MR) is 132 cm³/mol. The van der Waals surface area contributed by atoms with Crippen LogP contribution < -0.4 is 10.5 Å². The highest BCUT2D eigenvalue weighted by Crippen LogP contribution is 2.26. The van der Waals surface area contributed by atoms with E-state index in [0.29, 0.717) is 24.6 Å². The summed E-state index contributed by atoms with van der Waals surface area (Å²) in [6.07, 6.45) is 2.79. The van der Waals surface area contributed by atoms with Gasteiger partial charge in [0.1, 0.15) is 22.4 Å². The van der Waals surface area contributed by atoms with Crippen LogP contribution in [0.2, 0.25) is 0 Å². The second-order valence-corrected chi connectivity index (χ2v) is 10.3. The number of rotatable bonds is 5. The van der Waals surface area contributed by atoms with Crippen LogP contribution in [0.3, 0.4) is 0 Å². The number of aromatic nitrogens is 2. The number of benzene rings is 1. The smallest absolute Gasteiger partial charge is 0.267 e. The van der Waals surface area contributed by atoms with Crippen molar-refractivity contribution in [1.29, 1.82) is 5.26 Å². The van der Waals surface area contributed by atoms with Crippen molar-refractivity contribution in [2.24, 2.45) is 0 Å². The molecule has 0 atom stereocenters. The highest BCUT2D eigenvalue weighted by atomic mass is 32.2. The molecule has 0 amide bonds. The molecule has 0 bridgehead atoms. The van der Waals surface area contributed by atoms with Crippen LogP contribution in [-0.2, 0) is 9.84 Å². The lowest BCUT2D eigenvalue weighted by Crippen LogP contribution is -2.47. The number of pyridine rings is 1. The van der Waals surface area contributed by atoms with Gasteiger partial charge in [-0.2, -0.15) is 5.26 Å². The van der Waals surface area contributed by atoms with Crippen LogP contribution in [0.15, 0.2) is 57.2 Å². The Morgan fingerprint density at radius 1 is 1.12 bits per heavy atom. The van der Waals surface area contributed by atoms with Crippen molar-refractivity contribution in [1.82, 2.24) is 14.3 Å². The molecule has 34 heavy (non-hydrogen) atoms. The lowest BCUT2D eigenvalue weighted by atomic mass is 10.2. The number of nitrogens with zero attached hydrogens (tertiary/aromatic N) is 5. The molecule has 1 aromatic carbocycles. The molecule has 3 aromatic rings. The Morgan fingerprint density at radius 3 is 2.41 bits per heavy atom. The van der Waals surface area contributed by atoms with Crippen LogP contribution in [-0.4, -0.2) is 55.4 Å². The molecule has 1 saturated heterocycles. The molecular weight excluding hydrogens is 450 g/mol. The van der Waals surface area contributed by atoms with Crippen LogP contribution in [0, 0.1) is 25.2 Å². The van der Waals surface area contributed by atoms with Crippen LogP contribution in [0.1, 0.15) is 23.6 Å². The van der Waals surface area contributed by atoms with Crippen molar-refractivity contribution < 1.29 is 8.42 Å². The first-order chi connectivity index (χ1) is 16.3. The summed E-state index contributed by atoms with van der Waals surface area (Å²) in [4.78, 5) is 22.2. The Morgan fingerprint density at radius 2 is 1.79 bits per heavy atom. The van der Waals surface area contributed by atoms with Gasteiger partial charge in [0.15, 0.2) is 0 Å². The maximum absolute atomic E-state index is 13.6. The zero-order chi connectivity index (χ0) is 24.5. The van der Waals surface area contributed by atoms with Gasteiger partial charge in [0, 0.05) is 32.4 Å². The maximum atomic E-state index is 13.6. The molecule has 0 unspecified atom stereocenters. The van der Waals surface area contributed by atoms with Gasteiger partial charge in [0.2, 0.25) is 9.84 Å². The van der Waals surface area contributed by atoms with E-state index < -0.39 is 20.3 Å². The molecule has 0 aliphatic carbocycles. The van der Waals surface area contributed by atoms with Crippen molar-refractivity contribution in [2.75, 3.05) is 37.6 Å². The lowest BCUT2D eigenvalue weighted by molar-refractivity contribution is 0.270. The van der Waals surface area contributed by atoms with Crippen molar-refractivity contribution in [3.63, 3.8) is 0 Å². The number of likely N-dealkylation sites (N-methyl/N-ethyl adjacent to an activating group) is 1. The Hall–Kier alpha value is -3.48. The number of sulfone groups is 1. The highest BCUT2D eigenvalue weighted by molar-refractivity contribution is 7.95. The second-order valence-electron chi connectivity index (χ2n) is 8.40. The molecule has 0 saturated carbocycles. The minimum Gasteiger partial charge on any atom is -0.353 e. The van der Waals surface area contributed by atoms with Gasteiger partial charge in [-0.05, 0) is 50.2 Å². The first-order valence-corrected chi connectivity index (χ1v) is 12.7. The van der Waals surface area contributed by atoms with Crippen LogP contribution in [0.4, 0.5) is 5.82 Å². The van der Waals surface area contributed by atoms with Crippen LogP contribution >= 0.6 is 0 Å². The molecule has 176 valence electrons. The molecule has 0 spiro atoms. The fourth-order valence-corrected chi connectivity index (χ4v) is 5.23. The normalized spacial score (nSPS) is 15.5. The highest BCUT2D eigenvalue weighted by Gasteiger charge is 2.26. The summed E-state index contributed by atoms with van der Waals surface area (Å²) in [5.74, 6) is 0.405. The number of allylic oxidation sites excluding steroid dienone is 1. The van der Waals surface area contributed by atoms with Crippen molar-refractivity contribution >= 4 is 27.4 Å². The zero-order valence-electron chi connectivity index (χ0n) is 19.5. The third kappa shape index (κ3) is 4.34. The minimum absolute atomic E-state index is 0.00806.